The second-order valence-electron chi connectivity index (χ2n) is 18.5. The van der Waals surface area contributed by atoms with Crippen molar-refractivity contribution in [1.82, 2.24) is 31.9 Å². The molecular weight excluding hydrogens is 921 g/mol. The van der Waals surface area contributed by atoms with Crippen LogP contribution in [0.25, 0.3) is 0 Å². The lowest BCUT2D eigenvalue weighted by molar-refractivity contribution is -0.142. The summed E-state index contributed by atoms with van der Waals surface area (Å²) >= 11 is 4.41. The third kappa shape index (κ3) is 30.3. The molecule has 408 valence electrons. The molecule has 0 aromatic carbocycles. The van der Waals surface area contributed by atoms with Crippen LogP contribution in [0.1, 0.15) is 187 Å². The molecule has 6 atom stereocenters. The molecule has 6 amide bonds. The molecule has 20 nitrogen and oxygen atoms in total. The SMILES string of the molecule is CCCCCCCCCCCCCCCC(=O)N[C@](CS)(CCCO)C(=O)N[C@@H](CO)C(=O)N[C@@H](CCCCN)C(=O)N[C@@H](CCCCN)C(=O)N[C@@H](CCCCN)C(=O)N[C@@H](CCCCN)C(=O)O. The van der Waals surface area contributed by atoms with Crippen molar-refractivity contribution in [3.63, 3.8) is 0 Å². The van der Waals surface area contributed by atoms with Crippen LogP contribution in [-0.2, 0) is 33.6 Å². The maximum absolute atomic E-state index is 14.0. The predicted molar refractivity (Wildman–Crippen MR) is 277 cm³/mol. The number of carbonyl (C=O) groups excluding carboxylic acids is 6. The van der Waals surface area contributed by atoms with Gasteiger partial charge in [0.2, 0.25) is 35.4 Å². The lowest BCUT2D eigenvalue weighted by atomic mass is 9.93. The van der Waals surface area contributed by atoms with Crippen molar-refractivity contribution in [2.24, 2.45) is 22.9 Å². The largest absolute Gasteiger partial charge is 0.480 e. The number of carboxylic acid groups (broad SMARTS) is 1. The van der Waals surface area contributed by atoms with E-state index in [-0.39, 0.29) is 69.8 Å². The Labute approximate surface area is 424 Å². The molecule has 0 saturated carbocycles. The van der Waals surface area contributed by atoms with E-state index in [4.69, 9.17) is 22.9 Å². The van der Waals surface area contributed by atoms with Gasteiger partial charge in [-0.3, -0.25) is 28.8 Å². The van der Waals surface area contributed by atoms with Gasteiger partial charge in [0.05, 0.1) is 6.61 Å². The van der Waals surface area contributed by atoms with Gasteiger partial charge in [-0.1, -0.05) is 84.0 Å². The molecular formula is C49H96N10O10S. The van der Waals surface area contributed by atoms with Crippen molar-refractivity contribution >= 4 is 54.0 Å². The molecule has 0 aliphatic carbocycles. The van der Waals surface area contributed by atoms with E-state index in [2.05, 4.69) is 51.5 Å². The number of nitrogens with two attached hydrogens (primary N) is 4. The highest BCUT2D eigenvalue weighted by Crippen LogP contribution is 2.19. The van der Waals surface area contributed by atoms with E-state index in [9.17, 15) is 48.9 Å². The zero-order chi connectivity index (χ0) is 52.4. The van der Waals surface area contributed by atoms with Crippen LogP contribution in [0.2, 0.25) is 0 Å². The summed E-state index contributed by atoms with van der Waals surface area (Å²) in [6.45, 7) is 2.33. The monoisotopic (exact) mass is 1020 g/mol. The Morgan fingerprint density at radius 2 is 0.829 bits per heavy atom. The lowest BCUT2D eigenvalue weighted by Gasteiger charge is -2.33. The molecule has 21 heteroatoms. The first-order chi connectivity index (χ1) is 33.7. The molecule has 0 saturated heterocycles. The molecule has 0 aromatic heterocycles. The van der Waals surface area contributed by atoms with Crippen molar-refractivity contribution in [2.75, 3.05) is 45.1 Å². The van der Waals surface area contributed by atoms with Gasteiger partial charge in [-0.25, -0.2) is 4.79 Å². The summed E-state index contributed by atoms with van der Waals surface area (Å²) in [6, 6.07) is -6.44. The maximum Gasteiger partial charge on any atom is 0.326 e. The summed E-state index contributed by atoms with van der Waals surface area (Å²) in [5.74, 6) is -5.72. The van der Waals surface area contributed by atoms with Gasteiger partial charge in [0.15, 0.2) is 0 Å². The van der Waals surface area contributed by atoms with Gasteiger partial charge < -0.3 is 70.2 Å². The first kappa shape index (κ1) is 66.4. The molecule has 0 aliphatic rings. The van der Waals surface area contributed by atoms with Gasteiger partial charge in [0.25, 0.3) is 0 Å². The van der Waals surface area contributed by atoms with Crippen molar-refractivity contribution in [1.29, 1.82) is 0 Å². The minimum Gasteiger partial charge on any atom is -0.480 e. The second-order valence-corrected chi connectivity index (χ2v) is 18.9. The number of nitrogens with one attached hydrogen (secondary N) is 6. The number of aliphatic hydroxyl groups is 2. The molecule has 0 bridgehead atoms. The van der Waals surface area contributed by atoms with Gasteiger partial charge in [-0.05, 0) is 122 Å². The number of amides is 6. The number of hydrogen-bond donors (Lipinski definition) is 14. The fraction of sp³-hybridized carbons (Fsp3) is 0.857. The number of thiol groups is 1. The third-order valence-electron chi connectivity index (χ3n) is 12.5. The summed E-state index contributed by atoms with van der Waals surface area (Å²) in [4.78, 5) is 94.5. The number of aliphatic hydroxyl groups excluding tert-OH is 2. The summed E-state index contributed by atoms with van der Waals surface area (Å²) in [7, 11) is 0. The average Bonchev–Trinajstić information content (AvgIpc) is 3.34. The van der Waals surface area contributed by atoms with Gasteiger partial charge in [0, 0.05) is 18.8 Å². The van der Waals surface area contributed by atoms with E-state index in [0.717, 1.165) is 25.7 Å². The van der Waals surface area contributed by atoms with Crippen LogP contribution in [0, 0.1) is 0 Å². The first-order valence-electron chi connectivity index (χ1n) is 26.4. The number of carbonyl (C=O) groups is 7. The molecule has 0 heterocycles. The highest BCUT2D eigenvalue weighted by molar-refractivity contribution is 7.80. The molecule has 0 radical (unpaired) electrons. The summed E-state index contributed by atoms with van der Waals surface area (Å²) in [5, 5.41) is 45.7. The van der Waals surface area contributed by atoms with Crippen LogP contribution in [0.5, 0.6) is 0 Å². The van der Waals surface area contributed by atoms with Gasteiger partial charge in [0.1, 0.15) is 35.7 Å². The van der Waals surface area contributed by atoms with E-state index >= 15 is 0 Å². The molecule has 0 unspecified atom stereocenters. The normalized spacial score (nSPS) is 14.3. The smallest absolute Gasteiger partial charge is 0.326 e. The van der Waals surface area contributed by atoms with Crippen LogP contribution >= 0.6 is 12.6 Å². The third-order valence-corrected chi connectivity index (χ3v) is 13.0. The highest BCUT2D eigenvalue weighted by atomic mass is 32.1. The van der Waals surface area contributed by atoms with Gasteiger partial charge >= 0.3 is 5.97 Å². The lowest BCUT2D eigenvalue weighted by Crippen LogP contribution is -2.64. The summed E-state index contributed by atoms with van der Waals surface area (Å²) in [6.07, 6.45) is 19.4. The Morgan fingerprint density at radius 3 is 1.17 bits per heavy atom. The Hall–Kier alpha value is -3.60. The van der Waals surface area contributed by atoms with Crippen molar-refractivity contribution in [2.45, 2.75) is 222 Å². The number of rotatable bonds is 47. The first-order valence-corrected chi connectivity index (χ1v) is 27.1. The van der Waals surface area contributed by atoms with Gasteiger partial charge in [-0.15, -0.1) is 0 Å². The molecule has 0 fully saturated rings. The Bertz CT molecular complexity index is 1450. The van der Waals surface area contributed by atoms with Gasteiger partial charge in [-0.2, -0.15) is 12.6 Å². The molecule has 0 rings (SSSR count). The maximum atomic E-state index is 14.0. The fourth-order valence-corrected chi connectivity index (χ4v) is 8.43. The number of hydrogen-bond acceptors (Lipinski definition) is 14. The predicted octanol–water partition coefficient (Wildman–Crippen LogP) is 2.04. The molecule has 0 spiro atoms. The van der Waals surface area contributed by atoms with Crippen molar-refractivity contribution < 1.29 is 48.9 Å². The zero-order valence-electron chi connectivity index (χ0n) is 42.6. The molecule has 0 aliphatic heterocycles. The van der Waals surface area contributed by atoms with Crippen LogP contribution in [-0.4, -0.2) is 138 Å². The van der Waals surface area contributed by atoms with E-state index in [1.54, 1.807) is 0 Å². The van der Waals surface area contributed by atoms with Crippen LogP contribution in [0.3, 0.4) is 0 Å². The van der Waals surface area contributed by atoms with Crippen LogP contribution in [0.15, 0.2) is 0 Å². The Kier molecular flexibility index (Phi) is 40.8. The number of carboxylic acids is 1. The zero-order valence-corrected chi connectivity index (χ0v) is 43.5. The summed E-state index contributed by atoms with van der Waals surface area (Å²) < 4.78 is 0. The standard InChI is InChI=1S/C49H96N10O10S/c1-2-3-4-5-6-7-8-9-10-11-12-13-14-28-42(62)59-49(36-70,29-23-34-60)48(69)58-41(35-61)46(66)56-38(25-16-20-31-51)44(64)54-37(24-15-19-30-50)43(63)55-39(26-17-21-32-52)45(65)57-40(47(67)68)27-18-22-33-53/h37-41,60-61,70H,2-36,50-53H2,1H3,(H,54,64)(H,55,63)(H,56,66)(H,57,65)(H,58,69)(H,59,62)(H,67,68)/t37-,38-,39-,40-,41-,49-/m0/s1. The quantitative estimate of drug-likeness (QED) is 0.0307. The van der Waals surface area contributed by atoms with Crippen LogP contribution < -0.4 is 54.8 Å². The molecule has 70 heavy (non-hydrogen) atoms. The highest BCUT2D eigenvalue weighted by Gasteiger charge is 2.40. The Morgan fingerprint density at radius 1 is 0.471 bits per heavy atom. The molecule has 0 aromatic rings. The average molecular weight is 1020 g/mol. The topological polar surface area (TPSA) is 356 Å². The van der Waals surface area contributed by atoms with Crippen molar-refractivity contribution in [3.8, 4) is 0 Å². The number of aliphatic carboxylic acids is 1. The minimum atomic E-state index is -1.63. The van der Waals surface area contributed by atoms with Crippen LogP contribution in [0.4, 0.5) is 0 Å². The van der Waals surface area contributed by atoms with E-state index in [0.29, 0.717) is 77.4 Å². The van der Waals surface area contributed by atoms with E-state index in [1.165, 1.54) is 51.4 Å². The summed E-state index contributed by atoms with van der Waals surface area (Å²) in [5.41, 5.74) is 21.1. The molecule has 17 N–H and O–H groups in total. The second kappa shape index (κ2) is 43.0. The fourth-order valence-electron chi connectivity index (χ4n) is 8.05. The van der Waals surface area contributed by atoms with E-state index < -0.39 is 77.9 Å². The van der Waals surface area contributed by atoms with E-state index in [1.807, 2.05) is 0 Å². The number of unbranched alkanes of at least 4 members (excludes halogenated alkanes) is 16. The van der Waals surface area contributed by atoms with Crippen molar-refractivity contribution in [3.05, 3.63) is 0 Å². The Balaban J connectivity index is 6.02. The minimum absolute atomic E-state index is 0.00879.